The van der Waals surface area contributed by atoms with Crippen LogP contribution in [0.4, 0.5) is 0 Å². The van der Waals surface area contributed by atoms with Crippen molar-refractivity contribution in [1.82, 2.24) is 5.32 Å². The summed E-state index contributed by atoms with van der Waals surface area (Å²) >= 11 is 7.06. The first-order chi connectivity index (χ1) is 9.97. The molecule has 2 rings (SSSR count). The number of hydrogen-bond acceptors (Lipinski definition) is 6. The zero-order chi connectivity index (χ0) is 15.4. The molecule has 6 nitrogen and oxygen atoms in total. The van der Waals surface area contributed by atoms with Crippen LogP contribution in [0.1, 0.15) is 18.9 Å². The molecule has 1 aromatic rings. The topological polar surface area (TPSA) is 94.0 Å². The monoisotopic (exact) mass is 324 g/mol. The molecule has 1 amide bonds. The first kappa shape index (κ1) is 15.5. The summed E-state index contributed by atoms with van der Waals surface area (Å²) in [4.78, 5) is 22.0. The largest absolute Gasteiger partial charge is 0.550 e. The lowest BCUT2D eigenvalue weighted by molar-refractivity contribution is -0.305. The minimum absolute atomic E-state index is 0.262. The molecular formula is C13H11ClN3O3S-. The molecule has 1 aliphatic heterocycles. The van der Waals surface area contributed by atoms with Gasteiger partial charge in [0.1, 0.15) is 0 Å². The molecule has 1 atom stereocenters. The standard InChI is InChI=1S/C13H12ClN3O3S/c1-7(8-4-2-3-5-9(8)14)16-17-13-15-12(20)10(21-13)6-11(18)19/h2-5,10H,6H2,1H3,(H,18,19)(H,15,17,20)/p-1/t10-/m1/s1. The number of amides is 1. The van der Waals surface area contributed by atoms with Crippen LogP contribution in [0, 0.1) is 0 Å². The molecule has 1 fully saturated rings. The molecule has 0 saturated carbocycles. The summed E-state index contributed by atoms with van der Waals surface area (Å²) in [5, 5.41) is 21.0. The maximum absolute atomic E-state index is 11.5. The molecule has 1 saturated heterocycles. The number of amidine groups is 1. The molecule has 8 heteroatoms. The molecule has 1 aromatic carbocycles. The number of carboxylic acids is 1. The Morgan fingerprint density at radius 2 is 2.19 bits per heavy atom. The van der Waals surface area contributed by atoms with Crippen LogP contribution in [0.15, 0.2) is 34.5 Å². The molecule has 110 valence electrons. The minimum atomic E-state index is -1.28. The van der Waals surface area contributed by atoms with E-state index < -0.39 is 17.1 Å². The third-order valence-electron chi connectivity index (χ3n) is 2.68. The Hall–Kier alpha value is -1.86. The number of thioether (sulfide) groups is 1. The third-order valence-corrected chi connectivity index (χ3v) is 4.08. The highest BCUT2D eigenvalue weighted by atomic mass is 35.5. The van der Waals surface area contributed by atoms with Gasteiger partial charge in [0.2, 0.25) is 5.91 Å². The second-order valence-electron chi connectivity index (χ2n) is 4.24. The summed E-state index contributed by atoms with van der Waals surface area (Å²) in [5.74, 6) is -1.69. The maximum atomic E-state index is 11.5. The molecule has 0 bridgehead atoms. The number of carbonyl (C=O) groups excluding carboxylic acids is 2. The lowest BCUT2D eigenvalue weighted by Crippen LogP contribution is -2.31. The van der Waals surface area contributed by atoms with Crippen LogP contribution in [-0.2, 0) is 9.59 Å². The molecule has 1 aliphatic rings. The van der Waals surface area contributed by atoms with Crippen molar-refractivity contribution in [3.05, 3.63) is 34.9 Å². The molecule has 0 aliphatic carbocycles. The second kappa shape index (κ2) is 6.73. The minimum Gasteiger partial charge on any atom is -0.550 e. The van der Waals surface area contributed by atoms with E-state index in [9.17, 15) is 14.7 Å². The predicted molar refractivity (Wildman–Crippen MR) is 80.2 cm³/mol. The van der Waals surface area contributed by atoms with Gasteiger partial charge in [0.25, 0.3) is 0 Å². The number of benzene rings is 1. The van der Waals surface area contributed by atoms with Crippen LogP contribution in [0.5, 0.6) is 0 Å². The summed E-state index contributed by atoms with van der Waals surface area (Å²) in [7, 11) is 0. The van der Waals surface area contributed by atoms with E-state index >= 15 is 0 Å². The van der Waals surface area contributed by atoms with E-state index in [1.54, 1.807) is 19.1 Å². The van der Waals surface area contributed by atoms with Crippen molar-refractivity contribution in [3.63, 3.8) is 0 Å². The van der Waals surface area contributed by atoms with Crippen LogP contribution < -0.4 is 10.4 Å². The fourth-order valence-electron chi connectivity index (χ4n) is 1.67. The van der Waals surface area contributed by atoms with Gasteiger partial charge in [0, 0.05) is 23.0 Å². The lowest BCUT2D eigenvalue weighted by atomic mass is 10.1. The van der Waals surface area contributed by atoms with Gasteiger partial charge in [-0.2, -0.15) is 5.10 Å². The normalized spacial score (nSPS) is 20.7. The van der Waals surface area contributed by atoms with Crippen molar-refractivity contribution in [1.29, 1.82) is 0 Å². The molecule has 1 N–H and O–H groups in total. The highest BCUT2D eigenvalue weighted by Gasteiger charge is 2.30. The van der Waals surface area contributed by atoms with Gasteiger partial charge in [-0.1, -0.05) is 41.6 Å². The van der Waals surface area contributed by atoms with Crippen LogP contribution >= 0.6 is 23.4 Å². The highest BCUT2D eigenvalue weighted by molar-refractivity contribution is 8.15. The van der Waals surface area contributed by atoms with Crippen molar-refractivity contribution in [3.8, 4) is 0 Å². The van der Waals surface area contributed by atoms with Gasteiger partial charge < -0.3 is 15.2 Å². The molecule has 21 heavy (non-hydrogen) atoms. The third kappa shape index (κ3) is 4.05. The maximum Gasteiger partial charge on any atom is 0.239 e. The van der Waals surface area contributed by atoms with Gasteiger partial charge in [-0.15, -0.1) is 5.10 Å². The van der Waals surface area contributed by atoms with Gasteiger partial charge in [-0.3, -0.25) is 4.79 Å². The van der Waals surface area contributed by atoms with Crippen LogP contribution in [-0.4, -0.2) is 28.0 Å². The van der Waals surface area contributed by atoms with Gasteiger partial charge in [-0.05, 0) is 13.0 Å². The van der Waals surface area contributed by atoms with Crippen molar-refractivity contribution in [2.45, 2.75) is 18.6 Å². The smallest absolute Gasteiger partial charge is 0.239 e. The zero-order valence-electron chi connectivity index (χ0n) is 11.0. The summed E-state index contributed by atoms with van der Waals surface area (Å²) in [6.07, 6.45) is -0.358. The van der Waals surface area contributed by atoms with E-state index in [-0.39, 0.29) is 11.6 Å². The Morgan fingerprint density at radius 3 is 2.86 bits per heavy atom. The predicted octanol–water partition coefficient (Wildman–Crippen LogP) is 0.792. The lowest BCUT2D eigenvalue weighted by Gasteiger charge is -2.04. The number of nitrogens with zero attached hydrogens (tertiary/aromatic N) is 2. The number of aliphatic carboxylic acids is 1. The SMILES string of the molecule is CC(=N/N=C1\NC(=O)[C@@H](CC(=O)[O-])S1)c1ccccc1Cl. The number of carboxylic acid groups (broad SMARTS) is 1. The molecule has 0 radical (unpaired) electrons. The Morgan fingerprint density at radius 1 is 1.48 bits per heavy atom. The first-order valence-electron chi connectivity index (χ1n) is 6.02. The van der Waals surface area contributed by atoms with Crippen LogP contribution in [0.3, 0.4) is 0 Å². The second-order valence-corrected chi connectivity index (χ2v) is 5.84. The number of hydrogen-bond donors (Lipinski definition) is 1. The average molecular weight is 325 g/mol. The number of halogens is 1. The van der Waals surface area contributed by atoms with Crippen molar-refractivity contribution >= 4 is 46.1 Å². The van der Waals surface area contributed by atoms with E-state index in [2.05, 4.69) is 15.5 Å². The number of rotatable bonds is 4. The van der Waals surface area contributed by atoms with E-state index in [0.717, 1.165) is 17.3 Å². The Balaban J connectivity index is 2.11. The van der Waals surface area contributed by atoms with Gasteiger partial charge in [-0.25, -0.2) is 0 Å². The Labute approximate surface area is 130 Å². The molecule has 1 heterocycles. The molecule has 0 unspecified atom stereocenters. The average Bonchev–Trinajstić information content (AvgIpc) is 2.76. The summed E-state index contributed by atoms with van der Waals surface area (Å²) in [6, 6.07) is 7.18. The molecule has 0 spiro atoms. The number of nitrogens with one attached hydrogen (secondary N) is 1. The quantitative estimate of drug-likeness (QED) is 0.654. The van der Waals surface area contributed by atoms with E-state index in [4.69, 9.17) is 11.6 Å². The van der Waals surface area contributed by atoms with Crippen LogP contribution in [0.25, 0.3) is 0 Å². The van der Waals surface area contributed by atoms with Gasteiger partial charge in [0.05, 0.1) is 11.0 Å². The summed E-state index contributed by atoms with van der Waals surface area (Å²) in [6.45, 7) is 1.74. The highest BCUT2D eigenvalue weighted by Crippen LogP contribution is 2.22. The van der Waals surface area contributed by atoms with E-state index in [1.807, 2.05) is 12.1 Å². The summed E-state index contributed by atoms with van der Waals surface area (Å²) < 4.78 is 0. The van der Waals surface area contributed by atoms with Crippen molar-refractivity contribution in [2.24, 2.45) is 10.2 Å². The fourth-order valence-corrected chi connectivity index (χ4v) is 2.84. The van der Waals surface area contributed by atoms with E-state index in [1.165, 1.54) is 0 Å². The van der Waals surface area contributed by atoms with Gasteiger partial charge >= 0.3 is 0 Å². The zero-order valence-corrected chi connectivity index (χ0v) is 12.6. The van der Waals surface area contributed by atoms with Crippen molar-refractivity contribution < 1.29 is 14.7 Å². The van der Waals surface area contributed by atoms with E-state index in [0.29, 0.717) is 10.7 Å². The number of carbonyl (C=O) groups is 2. The van der Waals surface area contributed by atoms with Gasteiger partial charge in [0.15, 0.2) is 5.17 Å². The Kier molecular flexibility index (Phi) is 4.98. The molecule has 0 aromatic heterocycles. The molecular weight excluding hydrogens is 314 g/mol. The van der Waals surface area contributed by atoms with Crippen molar-refractivity contribution in [2.75, 3.05) is 0 Å². The fraction of sp³-hybridized carbons (Fsp3) is 0.231. The van der Waals surface area contributed by atoms with Crippen LogP contribution in [0.2, 0.25) is 5.02 Å². The Bertz CT molecular complexity index is 645. The summed E-state index contributed by atoms with van der Waals surface area (Å²) in [5.41, 5.74) is 1.33. The first-order valence-corrected chi connectivity index (χ1v) is 7.27.